The van der Waals surface area contributed by atoms with Crippen LogP contribution in [0.4, 0.5) is 5.69 Å². The summed E-state index contributed by atoms with van der Waals surface area (Å²) in [5.41, 5.74) is 4.51. The SMILES string of the molecule is COc1ccc(C(=O)N2CCOCC(Cc3ccc4ccoc4c3)C2)cc1NCc1cccnc1. The molecule has 1 amide bonds. The first-order chi connectivity index (χ1) is 17.2. The number of furan rings is 1. The Bertz CT molecular complexity index is 1290. The van der Waals surface area contributed by atoms with E-state index in [4.69, 9.17) is 13.9 Å². The second kappa shape index (κ2) is 10.6. The normalized spacial score (nSPS) is 16.1. The van der Waals surface area contributed by atoms with Crippen LogP contribution in [-0.4, -0.2) is 49.2 Å². The molecule has 1 saturated heterocycles. The summed E-state index contributed by atoms with van der Waals surface area (Å²) in [5.74, 6) is 0.889. The number of pyridine rings is 1. The summed E-state index contributed by atoms with van der Waals surface area (Å²) < 4.78 is 16.9. The number of amides is 1. The molecule has 1 unspecified atom stereocenters. The highest BCUT2D eigenvalue weighted by Crippen LogP contribution is 2.27. The van der Waals surface area contributed by atoms with E-state index >= 15 is 0 Å². The Morgan fingerprint density at radius 2 is 2.11 bits per heavy atom. The van der Waals surface area contributed by atoms with Crippen molar-refractivity contribution in [1.29, 1.82) is 0 Å². The number of rotatable bonds is 7. The van der Waals surface area contributed by atoms with Crippen LogP contribution in [0.5, 0.6) is 5.75 Å². The molecule has 2 aromatic carbocycles. The van der Waals surface area contributed by atoms with E-state index < -0.39 is 0 Å². The van der Waals surface area contributed by atoms with Crippen LogP contribution in [0.1, 0.15) is 21.5 Å². The van der Waals surface area contributed by atoms with Crippen molar-refractivity contribution < 1.29 is 18.7 Å². The Balaban J connectivity index is 1.29. The van der Waals surface area contributed by atoms with E-state index in [1.165, 1.54) is 5.56 Å². The summed E-state index contributed by atoms with van der Waals surface area (Å²) in [5, 5.41) is 4.47. The van der Waals surface area contributed by atoms with Crippen LogP contribution in [0.25, 0.3) is 11.0 Å². The Kier molecular flexibility index (Phi) is 6.95. The Morgan fingerprint density at radius 3 is 2.97 bits per heavy atom. The van der Waals surface area contributed by atoms with Gasteiger partial charge in [0.1, 0.15) is 11.3 Å². The summed E-state index contributed by atoms with van der Waals surface area (Å²) in [6.45, 7) is 2.94. The highest BCUT2D eigenvalue weighted by atomic mass is 16.5. The zero-order valence-electron chi connectivity index (χ0n) is 19.8. The van der Waals surface area contributed by atoms with Crippen LogP contribution < -0.4 is 10.1 Å². The third-order valence-electron chi connectivity index (χ3n) is 6.32. The van der Waals surface area contributed by atoms with Gasteiger partial charge in [-0.2, -0.15) is 0 Å². The van der Waals surface area contributed by atoms with Crippen molar-refractivity contribution in [2.24, 2.45) is 5.92 Å². The van der Waals surface area contributed by atoms with E-state index in [-0.39, 0.29) is 11.8 Å². The number of ether oxygens (including phenoxy) is 2. The molecule has 3 heterocycles. The molecule has 1 aliphatic heterocycles. The first-order valence-electron chi connectivity index (χ1n) is 11.8. The molecule has 180 valence electrons. The molecule has 0 spiro atoms. The van der Waals surface area contributed by atoms with Gasteiger partial charge in [0, 0.05) is 48.9 Å². The molecule has 0 saturated carbocycles. The summed E-state index contributed by atoms with van der Waals surface area (Å²) in [7, 11) is 1.63. The highest BCUT2D eigenvalue weighted by molar-refractivity contribution is 5.95. The lowest BCUT2D eigenvalue weighted by Gasteiger charge is -2.24. The topological polar surface area (TPSA) is 76.8 Å². The first-order valence-corrected chi connectivity index (χ1v) is 11.8. The number of aromatic nitrogens is 1. The Labute approximate surface area is 204 Å². The number of nitrogens with one attached hydrogen (secondary N) is 1. The van der Waals surface area contributed by atoms with Crippen molar-refractivity contribution in [2.75, 3.05) is 38.7 Å². The summed E-state index contributed by atoms with van der Waals surface area (Å²) in [6, 6.07) is 17.7. The molecule has 5 rings (SSSR count). The molecule has 0 bridgehead atoms. The van der Waals surface area contributed by atoms with Gasteiger partial charge < -0.3 is 24.1 Å². The van der Waals surface area contributed by atoms with Gasteiger partial charge in [-0.05, 0) is 53.9 Å². The molecular formula is C28H29N3O4. The molecule has 1 atom stereocenters. The van der Waals surface area contributed by atoms with Gasteiger partial charge in [-0.3, -0.25) is 9.78 Å². The molecule has 35 heavy (non-hydrogen) atoms. The molecule has 7 heteroatoms. The van der Waals surface area contributed by atoms with Crippen molar-refractivity contribution in [1.82, 2.24) is 9.88 Å². The molecule has 7 nitrogen and oxygen atoms in total. The lowest BCUT2D eigenvalue weighted by atomic mass is 9.98. The lowest BCUT2D eigenvalue weighted by Crippen LogP contribution is -2.36. The fraction of sp³-hybridized carbons (Fsp3) is 0.286. The van der Waals surface area contributed by atoms with Crippen LogP contribution in [0.3, 0.4) is 0 Å². The van der Waals surface area contributed by atoms with Gasteiger partial charge in [-0.1, -0.05) is 18.2 Å². The fourth-order valence-corrected chi connectivity index (χ4v) is 4.51. The minimum absolute atomic E-state index is 0.00549. The fourth-order valence-electron chi connectivity index (χ4n) is 4.51. The first kappa shape index (κ1) is 22.9. The van der Waals surface area contributed by atoms with Crippen molar-refractivity contribution in [3.63, 3.8) is 0 Å². The third kappa shape index (κ3) is 5.46. The second-order valence-corrected chi connectivity index (χ2v) is 8.82. The predicted molar refractivity (Wildman–Crippen MR) is 135 cm³/mol. The molecule has 4 aromatic rings. The highest BCUT2D eigenvalue weighted by Gasteiger charge is 2.24. The van der Waals surface area contributed by atoms with Gasteiger partial charge in [0.2, 0.25) is 0 Å². The van der Waals surface area contributed by atoms with E-state index in [1.54, 1.807) is 19.6 Å². The average molecular weight is 472 g/mol. The van der Waals surface area contributed by atoms with Crippen molar-refractivity contribution in [3.8, 4) is 5.75 Å². The standard InChI is InChI=1S/C28H29N3O4/c1-33-26-7-6-24(15-25(26)30-17-21-3-2-9-29-16-21)28(32)31-10-12-34-19-22(18-31)13-20-4-5-23-8-11-35-27(23)14-20/h2-9,11,14-16,22,30H,10,12-13,17-19H2,1H3. The maximum absolute atomic E-state index is 13.5. The van der Waals surface area contributed by atoms with Gasteiger partial charge in [0.25, 0.3) is 5.91 Å². The van der Waals surface area contributed by atoms with E-state index in [1.807, 2.05) is 47.5 Å². The van der Waals surface area contributed by atoms with Crippen LogP contribution >= 0.6 is 0 Å². The molecule has 1 fully saturated rings. The van der Waals surface area contributed by atoms with Crippen molar-refractivity contribution in [2.45, 2.75) is 13.0 Å². The van der Waals surface area contributed by atoms with Gasteiger partial charge in [0.15, 0.2) is 0 Å². The van der Waals surface area contributed by atoms with E-state index in [0.717, 1.165) is 28.6 Å². The van der Waals surface area contributed by atoms with Gasteiger partial charge in [0.05, 0.1) is 32.3 Å². The largest absolute Gasteiger partial charge is 0.495 e. The third-order valence-corrected chi connectivity index (χ3v) is 6.32. The van der Waals surface area contributed by atoms with Crippen molar-refractivity contribution in [3.05, 3.63) is 89.9 Å². The monoisotopic (exact) mass is 471 g/mol. The smallest absolute Gasteiger partial charge is 0.254 e. The Morgan fingerprint density at radius 1 is 1.17 bits per heavy atom. The number of methoxy groups -OCH3 is 1. The van der Waals surface area contributed by atoms with E-state index in [9.17, 15) is 4.79 Å². The van der Waals surface area contributed by atoms with Crippen LogP contribution in [0.15, 0.2) is 77.7 Å². The number of benzene rings is 2. The molecule has 1 aliphatic rings. The number of hydrogen-bond acceptors (Lipinski definition) is 6. The van der Waals surface area contributed by atoms with Gasteiger partial charge in [-0.25, -0.2) is 0 Å². The maximum atomic E-state index is 13.5. The van der Waals surface area contributed by atoms with Gasteiger partial charge >= 0.3 is 0 Å². The summed E-state index contributed by atoms with van der Waals surface area (Å²) >= 11 is 0. The minimum atomic E-state index is -0.00549. The zero-order chi connectivity index (χ0) is 24.0. The predicted octanol–water partition coefficient (Wildman–Crippen LogP) is 4.78. The van der Waals surface area contributed by atoms with Crippen molar-refractivity contribution >= 4 is 22.6 Å². The number of carbonyl (C=O) groups is 1. The van der Waals surface area contributed by atoms with Crippen LogP contribution in [-0.2, 0) is 17.7 Å². The number of anilines is 1. The quantitative estimate of drug-likeness (QED) is 0.418. The second-order valence-electron chi connectivity index (χ2n) is 8.82. The molecule has 1 N–H and O–H groups in total. The number of hydrogen-bond donors (Lipinski definition) is 1. The number of carbonyl (C=O) groups excluding carboxylic acids is 1. The number of nitrogens with zero attached hydrogens (tertiary/aromatic N) is 2. The lowest BCUT2D eigenvalue weighted by molar-refractivity contribution is 0.0737. The molecule has 0 radical (unpaired) electrons. The van der Waals surface area contributed by atoms with E-state index in [0.29, 0.717) is 44.2 Å². The molecule has 2 aromatic heterocycles. The molecule has 0 aliphatic carbocycles. The summed E-state index contributed by atoms with van der Waals surface area (Å²) in [4.78, 5) is 19.5. The van der Waals surface area contributed by atoms with Crippen LogP contribution in [0, 0.1) is 5.92 Å². The molecular weight excluding hydrogens is 442 g/mol. The minimum Gasteiger partial charge on any atom is -0.495 e. The van der Waals surface area contributed by atoms with Gasteiger partial charge in [-0.15, -0.1) is 0 Å². The number of fused-ring (bicyclic) bond motifs is 1. The van der Waals surface area contributed by atoms with E-state index in [2.05, 4.69) is 28.5 Å². The zero-order valence-corrected chi connectivity index (χ0v) is 19.8. The van der Waals surface area contributed by atoms with Crippen LogP contribution in [0.2, 0.25) is 0 Å². The summed E-state index contributed by atoms with van der Waals surface area (Å²) in [6.07, 6.45) is 6.09. The average Bonchev–Trinajstić information content (AvgIpc) is 3.24. The Hall–Kier alpha value is -3.84. The maximum Gasteiger partial charge on any atom is 0.254 e.